The second-order valence-corrected chi connectivity index (χ2v) is 4.45. The van der Waals surface area contributed by atoms with E-state index in [1.165, 1.54) is 0 Å². The van der Waals surface area contributed by atoms with Crippen molar-refractivity contribution < 1.29 is 23.4 Å². The number of rotatable bonds is 10. The molecule has 6 heteroatoms. The molecule has 0 fully saturated rings. The van der Waals surface area contributed by atoms with Crippen molar-refractivity contribution in [1.82, 2.24) is 0 Å². The van der Waals surface area contributed by atoms with E-state index >= 15 is 0 Å². The summed E-state index contributed by atoms with van der Waals surface area (Å²) in [6.45, 7) is 5.92. The lowest BCUT2D eigenvalue weighted by Crippen LogP contribution is -2.32. The smallest absolute Gasteiger partial charge is 0.149 e. The van der Waals surface area contributed by atoms with Crippen LogP contribution in [-0.2, 0) is 16.1 Å². The Labute approximate surface area is 124 Å². The number of aliphatic hydroxyl groups excluding tert-OH is 1. The Morgan fingerprint density at radius 1 is 1.00 bits per heavy atom. The number of hydrogen-bond acceptors (Lipinski definition) is 4. The molecule has 0 saturated heterocycles. The topological polar surface area (TPSA) is 41.9 Å². The fourth-order valence-corrected chi connectivity index (χ4v) is 1.98. The van der Waals surface area contributed by atoms with Gasteiger partial charge in [0.25, 0.3) is 0 Å². The molecule has 0 aromatic heterocycles. The first-order valence-electron chi connectivity index (χ1n) is 7.13. The molecular weight excluding hydrogens is 280 g/mol. The summed E-state index contributed by atoms with van der Waals surface area (Å²) >= 11 is 0. The van der Waals surface area contributed by atoms with Crippen molar-refractivity contribution in [3.8, 4) is 0 Å². The second-order valence-electron chi connectivity index (χ2n) is 4.45. The summed E-state index contributed by atoms with van der Waals surface area (Å²) in [5, 5.41) is 8.98. The molecule has 0 radical (unpaired) electrons. The maximum Gasteiger partial charge on any atom is 0.149 e. The monoisotopic (exact) mass is 303 g/mol. The molecule has 0 saturated carbocycles. The standard InChI is InChI=1S/C15H23F2NO3/c1-3-20-7-5-18(6-8-21-4-2)15-13(16)9-12(11-19)10-14(15)17/h9-10,19H,3-8,11H2,1-2H3. The van der Waals surface area contributed by atoms with Gasteiger partial charge in [-0.1, -0.05) is 0 Å². The first kappa shape index (κ1) is 17.8. The van der Waals surface area contributed by atoms with Gasteiger partial charge in [-0.25, -0.2) is 8.78 Å². The summed E-state index contributed by atoms with van der Waals surface area (Å²) in [4.78, 5) is 1.57. The third-order valence-corrected chi connectivity index (χ3v) is 2.99. The zero-order chi connectivity index (χ0) is 15.7. The molecule has 0 aliphatic carbocycles. The van der Waals surface area contributed by atoms with Crippen LogP contribution in [0.3, 0.4) is 0 Å². The van der Waals surface area contributed by atoms with Gasteiger partial charge in [0.2, 0.25) is 0 Å². The minimum atomic E-state index is -0.688. The molecule has 120 valence electrons. The van der Waals surface area contributed by atoms with Gasteiger partial charge in [-0.05, 0) is 31.5 Å². The van der Waals surface area contributed by atoms with Crippen molar-refractivity contribution in [3.63, 3.8) is 0 Å². The maximum absolute atomic E-state index is 14.1. The average Bonchev–Trinajstić information content (AvgIpc) is 2.46. The highest BCUT2D eigenvalue weighted by Crippen LogP contribution is 2.25. The summed E-state index contributed by atoms with van der Waals surface area (Å²) in [5.74, 6) is -1.38. The molecule has 1 rings (SSSR count). The van der Waals surface area contributed by atoms with Crippen molar-refractivity contribution in [1.29, 1.82) is 0 Å². The first-order valence-corrected chi connectivity index (χ1v) is 7.13. The van der Waals surface area contributed by atoms with Crippen molar-refractivity contribution in [2.75, 3.05) is 44.4 Å². The van der Waals surface area contributed by atoms with E-state index in [0.717, 1.165) is 12.1 Å². The van der Waals surface area contributed by atoms with Crippen LogP contribution in [0, 0.1) is 11.6 Å². The van der Waals surface area contributed by atoms with Crippen LogP contribution < -0.4 is 4.90 Å². The fraction of sp³-hybridized carbons (Fsp3) is 0.600. The highest BCUT2D eigenvalue weighted by molar-refractivity contribution is 5.50. The number of benzene rings is 1. The Morgan fingerprint density at radius 2 is 1.48 bits per heavy atom. The molecule has 1 aromatic carbocycles. The van der Waals surface area contributed by atoms with Gasteiger partial charge in [-0.3, -0.25) is 0 Å². The Kier molecular flexibility index (Phi) is 8.19. The number of hydrogen-bond donors (Lipinski definition) is 1. The van der Waals surface area contributed by atoms with E-state index in [2.05, 4.69) is 0 Å². The highest BCUT2D eigenvalue weighted by atomic mass is 19.1. The first-order chi connectivity index (χ1) is 10.1. The van der Waals surface area contributed by atoms with Crippen LogP contribution in [0.2, 0.25) is 0 Å². The van der Waals surface area contributed by atoms with Gasteiger partial charge in [-0.15, -0.1) is 0 Å². The second kappa shape index (κ2) is 9.65. The minimum Gasteiger partial charge on any atom is -0.392 e. The van der Waals surface area contributed by atoms with Crippen LogP contribution in [0.25, 0.3) is 0 Å². The molecule has 0 aliphatic heterocycles. The highest BCUT2D eigenvalue weighted by Gasteiger charge is 2.18. The predicted octanol–water partition coefficient (Wildman–Crippen LogP) is 2.34. The van der Waals surface area contributed by atoms with E-state index in [4.69, 9.17) is 14.6 Å². The van der Waals surface area contributed by atoms with Gasteiger partial charge in [0.05, 0.1) is 19.8 Å². The summed E-state index contributed by atoms with van der Waals surface area (Å²) in [5.41, 5.74) is 0.106. The van der Waals surface area contributed by atoms with Crippen molar-refractivity contribution >= 4 is 5.69 Å². The van der Waals surface area contributed by atoms with E-state index in [-0.39, 0.29) is 11.3 Å². The van der Waals surface area contributed by atoms with Crippen molar-refractivity contribution in [3.05, 3.63) is 29.3 Å². The number of aliphatic hydroxyl groups is 1. The Hall–Kier alpha value is -1.24. The SMILES string of the molecule is CCOCCN(CCOCC)c1c(F)cc(CO)cc1F. The van der Waals surface area contributed by atoms with Crippen molar-refractivity contribution in [2.24, 2.45) is 0 Å². The van der Waals surface area contributed by atoms with Crippen LogP contribution >= 0.6 is 0 Å². The number of halogens is 2. The molecule has 0 atom stereocenters. The summed E-state index contributed by atoms with van der Waals surface area (Å²) in [6.07, 6.45) is 0. The number of nitrogens with zero attached hydrogens (tertiary/aromatic N) is 1. The molecule has 21 heavy (non-hydrogen) atoms. The third-order valence-electron chi connectivity index (χ3n) is 2.99. The molecule has 0 amide bonds. The van der Waals surface area contributed by atoms with Gasteiger partial charge >= 0.3 is 0 Å². The summed E-state index contributed by atoms with van der Waals surface area (Å²) < 4.78 is 38.7. The quantitative estimate of drug-likeness (QED) is 0.674. The normalized spacial score (nSPS) is 10.9. The van der Waals surface area contributed by atoms with E-state index in [9.17, 15) is 8.78 Å². The van der Waals surface area contributed by atoms with Crippen LogP contribution in [0.4, 0.5) is 14.5 Å². The number of anilines is 1. The van der Waals surface area contributed by atoms with Gasteiger partial charge in [-0.2, -0.15) is 0 Å². The Bertz CT molecular complexity index is 396. The lowest BCUT2D eigenvalue weighted by Gasteiger charge is -2.25. The zero-order valence-electron chi connectivity index (χ0n) is 12.6. The molecule has 1 N–H and O–H groups in total. The van der Waals surface area contributed by atoms with Crippen LogP contribution in [0.5, 0.6) is 0 Å². The molecule has 1 aromatic rings. The molecule has 0 heterocycles. The molecule has 0 spiro atoms. The van der Waals surface area contributed by atoms with Gasteiger partial charge in [0.15, 0.2) is 0 Å². The van der Waals surface area contributed by atoms with E-state index in [1.807, 2.05) is 13.8 Å². The largest absolute Gasteiger partial charge is 0.392 e. The van der Waals surface area contributed by atoms with E-state index in [0.29, 0.717) is 39.5 Å². The van der Waals surface area contributed by atoms with E-state index in [1.54, 1.807) is 4.90 Å². The summed E-state index contributed by atoms with van der Waals surface area (Å²) in [7, 11) is 0. The lowest BCUT2D eigenvalue weighted by molar-refractivity contribution is 0.141. The predicted molar refractivity (Wildman–Crippen MR) is 77.5 cm³/mol. The Balaban J connectivity index is 2.89. The van der Waals surface area contributed by atoms with Gasteiger partial charge in [0.1, 0.15) is 17.3 Å². The molecule has 0 unspecified atom stereocenters. The molecule has 4 nitrogen and oxygen atoms in total. The summed E-state index contributed by atoms with van der Waals surface area (Å²) in [6, 6.07) is 2.29. The van der Waals surface area contributed by atoms with Crippen LogP contribution in [0.15, 0.2) is 12.1 Å². The van der Waals surface area contributed by atoms with Gasteiger partial charge < -0.3 is 19.5 Å². The third kappa shape index (κ3) is 5.57. The van der Waals surface area contributed by atoms with Crippen molar-refractivity contribution in [2.45, 2.75) is 20.5 Å². The number of ether oxygens (including phenoxy) is 2. The average molecular weight is 303 g/mol. The fourth-order valence-electron chi connectivity index (χ4n) is 1.98. The van der Waals surface area contributed by atoms with E-state index < -0.39 is 18.2 Å². The lowest BCUT2D eigenvalue weighted by atomic mass is 10.1. The minimum absolute atomic E-state index is 0.105. The molecule has 0 bridgehead atoms. The molecule has 0 aliphatic rings. The van der Waals surface area contributed by atoms with Crippen LogP contribution in [-0.4, -0.2) is 44.6 Å². The zero-order valence-corrected chi connectivity index (χ0v) is 12.6. The molecular formula is C15H23F2NO3. The maximum atomic E-state index is 14.1. The Morgan fingerprint density at radius 3 is 1.86 bits per heavy atom. The van der Waals surface area contributed by atoms with Gasteiger partial charge in [0, 0.05) is 26.3 Å². The van der Waals surface area contributed by atoms with Crippen LogP contribution in [0.1, 0.15) is 19.4 Å².